The number of nitrogens with two attached hydrogens (primary N) is 1. The van der Waals surface area contributed by atoms with Crippen LogP contribution in [0.1, 0.15) is 36.0 Å². The maximum absolute atomic E-state index is 12.2. The number of carbonyl (C=O) groups is 1. The molecule has 2 heterocycles. The van der Waals surface area contributed by atoms with Crippen molar-refractivity contribution < 1.29 is 4.79 Å². The topological polar surface area (TPSA) is 46.3 Å². The minimum Gasteiger partial charge on any atom is -0.336 e. The molecule has 1 unspecified atom stereocenters. The van der Waals surface area contributed by atoms with Crippen molar-refractivity contribution in [1.82, 2.24) is 4.90 Å². The normalized spacial score (nSPS) is 21.1. The maximum atomic E-state index is 12.2. The van der Waals surface area contributed by atoms with Gasteiger partial charge >= 0.3 is 0 Å². The fourth-order valence-electron chi connectivity index (χ4n) is 2.31. The molecule has 0 aromatic carbocycles. The second kappa shape index (κ2) is 5.46. The zero-order valence-corrected chi connectivity index (χ0v) is 10.2. The largest absolute Gasteiger partial charge is 0.336 e. The summed E-state index contributed by atoms with van der Waals surface area (Å²) in [4.78, 5) is 14.3. The Morgan fingerprint density at radius 3 is 3.12 bits per heavy atom. The van der Waals surface area contributed by atoms with Crippen molar-refractivity contribution in [3.63, 3.8) is 0 Å². The Balaban J connectivity index is 2.08. The van der Waals surface area contributed by atoms with Gasteiger partial charge in [-0.2, -0.15) is 11.3 Å². The molecule has 1 fully saturated rings. The minimum absolute atomic E-state index is 0.180. The van der Waals surface area contributed by atoms with Gasteiger partial charge in [0.25, 0.3) is 5.91 Å². The van der Waals surface area contributed by atoms with Crippen molar-refractivity contribution >= 4 is 17.2 Å². The zero-order valence-electron chi connectivity index (χ0n) is 9.39. The Kier molecular flexibility index (Phi) is 3.96. The monoisotopic (exact) mass is 238 g/mol. The predicted octanol–water partition coefficient (Wildman–Crippen LogP) is 2.09. The second-order valence-electron chi connectivity index (χ2n) is 4.24. The fourth-order valence-corrected chi connectivity index (χ4v) is 2.94. The van der Waals surface area contributed by atoms with Crippen LogP contribution < -0.4 is 5.73 Å². The third-order valence-corrected chi connectivity index (χ3v) is 3.84. The highest BCUT2D eigenvalue weighted by atomic mass is 32.1. The van der Waals surface area contributed by atoms with Gasteiger partial charge in [-0.15, -0.1) is 0 Å². The van der Waals surface area contributed by atoms with E-state index in [1.165, 1.54) is 6.42 Å². The number of hydrogen-bond donors (Lipinski definition) is 1. The first-order chi connectivity index (χ1) is 7.83. The lowest BCUT2D eigenvalue weighted by molar-refractivity contribution is 0.0605. The van der Waals surface area contributed by atoms with Crippen LogP contribution in [0.2, 0.25) is 0 Å². The number of amides is 1. The highest BCUT2D eigenvalue weighted by molar-refractivity contribution is 7.08. The molecule has 2 N–H and O–H groups in total. The number of thiophene rings is 1. The number of likely N-dealkylation sites (tertiary alicyclic amines) is 1. The lowest BCUT2D eigenvalue weighted by Crippen LogP contribution is -2.44. The van der Waals surface area contributed by atoms with Crippen LogP contribution in [0.4, 0.5) is 0 Å². The van der Waals surface area contributed by atoms with Crippen molar-refractivity contribution in [3.8, 4) is 0 Å². The van der Waals surface area contributed by atoms with Gasteiger partial charge in [-0.3, -0.25) is 4.79 Å². The van der Waals surface area contributed by atoms with Crippen molar-refractivity contribution in [1.29, 1.82) is 0 Å². The van der Waals surface area contributed by atoms with Gasteiger partial charge in [0.05, 0.1) is 5.56 Å². The van der Waals surface area contributed by atoms with Gasteiger partial charge < -0.3 is 10.6 Å². The highest BCUT2D eigenvalue weighted by Crippen LogP contribution is 2.22. The number of hydrogen-bond acceptors (Lipinski definition) is 3. The summed E-state index contributed by atoms with van der Waals surface area (Å²) in [6, 6.07) is 2.26. The summed E-state index contributed by atoms with van der Waals surface area (Å²) in [6.07, 6.45) is 4.37. The van der Waals surface area contributed by atoms with Gasteiger partial charge in [0, 0.05) is 18.0 Å². The molecule has 4 heteroatoms. The van der Waals surface area contributed by atoms with Gasteiger partial charge in [-0.25, -0.2) is 0 Å². The summed E-state index contributed by atoms with van der Waals surface area (Å²) in [6.45, 7) is 1.55. The van der Waals surface area contributed by atoms with Crippen LogP contribution >= 0.6 is 11.3 Å². The minimum atomic E-state index is 0.180. The molecule has 1 amide bonds. The van der Waals surface area contributed by atoms with E-state index in [2.05, 4.69) is 0 Å². The van der Waals surface area contributed by atoms with Crippen LogP contribution in [0.3, 0.4) is 0 Å². The quantitative estimate of drug-likeness (QED) is 0.876. The molecule has 0 bridgehead atoms. The lowest BCUT2D eigenvalue weighted by atomic mass is 9.98. The van der Waals surface area contributed by atoms with E-state index in [9.17, 15) is 4.79 Å². The summed E-state index contributed by atoms with van der Waals surface area (Å²) in [5, 5.41) is 3.88. The molecule has 1 aliphatic rings. The first-order valence-electron chi connectivity index (χ1n) is 5.86. The Morgan fingerprint density at radius 2 is 2.44 bits per heavy atom. The van der Waals surface area contributed by atoms with E-state index >= 15 is 0 Å². The molecule has 1 saturated heterocycles. The Hall–Kier alpha value is -0.870. The van der Waals surface area contributed by atoms with E-state index < -0.39 is 0 Å². The molecule has 3 nitrogen and oxygen atoms in total. The van der Waals surface area contributed by atoms with E-state index in [4.69, 9.17) is 5.73 Å². The summed E-state index contributed by atoms with van der Waals surface area (Å²) in [5.74, 6) is 0.180. The third kappa shape index (κ3) is 2.44. The average Bonchev–Trinajstić information content (AvgIpc) is 2.83. The Labute approximate surface area is 100 Å². The summed E-state index contributed by atoms with van der Waals surface area (Å²) in [7, 11) is 0. The number of rotatable bonds is 3. The van der Waals surface area contributed by atoms with E-state index in [0.29, 0.717) is 12.6 Å². The standard InChI is InChI=1S/C12H18N2OS/c13-6-4-11-3-1-2-7-14(11)12(15)10-5-8-16-9-10/h5,8-9,11H,1-4,6-7,13H2. The molecule has 1 aromatic rings. The van der Waals surface area contributed by atoms with Crippen molar-refractivity contribution in [3.05, 3.63) is 22.4 Å². The summed E-state index contributed by atoms with van der Waals surface area (Å²) >= 11 is 1.57. The van der Waals surface area contributed by atoms with Gasteiger partial charge in [0.1, 0.15) is 0 Å². The average molecular weight is 238 g/mol. The SMILES string of the molecule is NCCC1CCCCN1C(=O)c1ccsc1. The highest BCUT2D eigenvalue weighted by Gasteiger charge is 2.26. The molecule has 0 aliphatic carbocycles. The van der Waals surface area contributed by atoms with Crippen LogP contribution in [-0.4, -0.2) is 29.9 Å². The van der Waals surface area contributed by atoms with Crippen molar-refractivity contribution in [2.75, 3.05) is 13.1 Å². The summed E-state index contributed by atoms with van der Waals surface area (Å²) in [5.41, 5.74) is 6.43. The van der Waals surface area contributed by atoms with Crippen LogP contribution in [0, 0.1) is 0 Å². The number of piperidine rings is 1. The van der Waals surface area contributed by atoms with Crippen molar-refractivity contribution in [2.45, 2.75) is 31.7 Å². The molecular weight excluding hydrogens is 220 g/mol. The van der Waals surface area contributed by atoms with Gasteiger partial charge in [-0.05, 0) is 43.7 Å². The van der Waals surface area contributed by atoms with Crippen LogP contribution in [0.25, 0.3) is 0 Å². The van der Waals surface area contributed by atoms with E-state index in [-0.39, 0.29) is 5.91 Å². The Bertz CT molecular complexity index is 335. The fraction of sp³-hybridized carbons (Fsp3) is 0.583. The molecule has 2 rings (SSSR count). The van der Waals surface area contributed by atoms with Crippen molar-refractivity contribution in [2.24, 2.45) is 5.73 Å². The van der Waals surface area contributed by atoms with Crippen LogP contribution in [0.5, 0.6) is 0 Å². The lowest BCUT2D eigenvalue weighted by Gasteiger charge is -2.35. The number of nitrogens with zero attached hydrogens (tertiary/aromatic N) is 1. The molecule has 0 spiro atoms. The molecule has 1 atom stereocenters. The second-order valence-corrected chi connectivity index (χ2v) is 5.02. The first-order valence-corrected chi connectivity index (χ1v) is 6.80. The summed E-state index contributed by atoms with van der Waals surface area (Å²) < 4.78 is 0. The van der Waals surface area contributed by atoms with Crippen LogP contribution in [-0.2, 0) is 0 Å². The van der Waals surface area contributed by atoms with Crippen LogP contribution in [0.15, 0.2) is 16.8 Å². The van der Waals surface area contributed by atoms with Gasteiger partial charge in [0.2, 0.25) is 0 Å². The third-order valence-electron chi connectivity index (χ3n) is 3.16. The maximum Gasteiger partial charge on any atom is 0.254 e. The smallest absolute Gasteiger partial charge is 0.254 e. The molecular formula is C12H18N2OS. The predicted molar refractivity (Wildman–Crippen MR) is 66.7 cm³/mol. The van der Waals surface area contributed by atoms with E-state index in [0.717, 1.165) is 31.4 Å². The molecule has 1 aliphatic heterocycles. The number of carbonyl (C=O) groups excluding carboxylic acids is 1. The zero-order chi connectivity index (χ0) is 11.4. The molecule has 88 valence electrons. The van der Waals surface area contributed by atoms with E-state index in [1.807, 2.05) is 21.7 Å². The van der Waals surface area contributed by atoms with Gasteiger partial charge in [-0.1, -0.05) is 0 Å². The molecule has 16 heavy (non-hydrogen) atoms. The molecule has 0 saturated carbocycles. The first kappa shape index (κ1) is 11.6. The molecule has 0 radical (unpaired) electrons. The van der Waals surface area contributed by atoms with Gasteiger partial charge in [0.15, 0.2) is 0 Å². The van der Waals surface area contributed by atoms with E-state index in [1.54, 1.807) is 11.3 Å². The molecule has 1 aromatic heterocycles. The Morgan fingerprint density at radius 1 is 1.56 bits per heavy atom.